The van der Waals surface area contributed by atoms with Crippen molar-refractivity contribution >= 4 is 15.7 Å². The minimum absolute atomic E-state index is 0.0393. The zero-order valence-electron chi connectivity index (χ0n) is 12.7. The van der Waals surface area contributed by atoms with Crippen molar-refractivity contribution in [2.24, 2.45) is 0 Å². The molecule has 1 aliphatic rings. The molecule has 0 aromatic heterocycles. The first-order valence-electron chi connectivity index (χ1n) is 7.28. The number of ether oxygens (including phenoxy) is 1. The van der Waals surface area contributed by atoms with Crippen molar-refractivity contribution in [3.05, 3.63) is 59.7 Å². The molecule has 1 aliphatic heterocycles. The van der Waals surface area contributed by atoms with E-state index >= 15 is 0 Å². The zero-order valence-corrected chi connectivity index (χ0v) is 13.5. The summed E-state index contributed by atoms with van der Waals surface area (Å²) in [5, 5.41) is 2.92. The molecule has 1 atom stereocenters. The van der Waals surface area contributed by atoms with Gasteiger partial charge in [0.15, 0.2) is 9.84 Å². The Morgan fingerprint density at radius 3 is 2.52 bits per heavy atom. The third kappa shape index (κ3) is 3.07. The van der Waals surface area contributed by atoms with Gasteiger partial charge in [-0.25, -0.2) is 8.42 Å². The van der Waals surface area contributed by atoms with E-state index in [1.54, 1.807) is 55.6 Å². The van der Waals surface area contributed by atoms with Crippen LogP contribution in [0.2, 0.25) is 0 Å². The average Bonchev–Trinajstić information content (AvgIpc) is 2.58. The molecule has 0 radical (unpaired) electrons. The van der Waals surface area contributed by atoms with Gasteiger partial charge in [-0.05, 0) is 42.3 Å². The molecule has 0 saturated heterocycles. The maximum Gasteiger partial charge on any atom is 0.251 e. The fraction of sp³-hybridized carbons (Fsp3) is 0.235. The van der Waals surface area contributed by atoms with Crippen molar-refractivity contribution in [2.45, 2.75) is 17.4 Å². The quantitative estimate of drug-likeness (QED) is 0.937. The maximum atomic E-state index is 12.4. The summed E-state index contributed by atoms with van der Waals surface area (Å²) in [6.07, 6.45) is 0.376. The van der Waals surface area contributed by atoms with Crippen LogP contribution in [-0.2, 0) is 9.84 Å². The summed E-state index contributed by atoms with van der Waals surface area (Å²) in [5.74, 6) is 0.486. The van der Waals surface area contributed by atoms with Crippen LogP contribution in [0.1, 0.15) is 28.4 Å². The fourth-order valence-corrected chi connectivity index (χ4v) is 4.35. The van der Waals surface area contributed by atoms with E-state index in [0.717, 1.165) is 0 Å². The van der Waals surface area contributed by atoms with Crippen LogP contribution in [0, 0.1) is 0 Å². The molecule has 2 aromatic rings. The molecule has 0 bridgehead atoms. The third-order valence-corrected chi connectivity index (χ3v) is 5.78. The number of nitrogens with one attached hydrogen (secondary N) is 1. The summed E-state index contributed by atoms with van der Waals surface area (Å²) in [5.41, 5.74) is 1.16. The first kappa shape index (κ1) is 15.6. The number of sulfone groups is 1. The molecule has 5 nitrogen and oxygen atoms in total. The third-order valence-electron chi connectivity index (χ3n) is 3.96. The Hall–Kier alpha value is -2.34. The van der Waals surface area contributed by atoms with Crippen molar-refractivity contribution in [3.8, 4) is 5.75 Å². The van der Waals surface area contributed by atoms with Crippen molar-refractivity contribution in [2.75, 3.05) is 12.9 Å². The number of hydrogen-bond donors (Lipinski definition) is 1. The van der Waals surface area contributed by atoms with E-state index < -0.39 is 9.84 Å². The SMILES string of the molecule is COc1ccc(C(=O)NC2CCS(=O)(=O)c3ccccc32)cc1. The van der Waals surface area contributed by atoms with Crippen LogP contribution < -0.4 is 10.1 Å². The molecule has 1 unspecified atom stereocenters. The van der Waals surface area contributed by atoms with Crippen molar-refractivity contribution in [3.63, 3.8) is 0 Å². The van der Waals surface area contributed by atoms with E-state index in [9.17, 15) is 13.2 Å². The molecule has 6 heteroatoms. The first-order valence-corrected chi connectivity index (χ1v) is 8.93. The number of hydrogen-bond acceptors (Lipinski definition) is 4. The lowest BCUT2D eigenvalue weighted by atomic mass is 10.0. The van der Waals surface area contributed by atoms with Crippen molar-refractivity contribution in [1.29, 1.82) is 0 Å². The van der Waals surface area contributed by atoms with Crippen LogP contribution in [0.4, 0.5) is 0 Å². The Morgan fingerprint density at radius 1 is 1.13 bits per heavy atom. The Bertz CT molecular complexity index is 828. The van der Waals surface area contributed by atoms with Gasteiger partial charge in [0.1, 0.15) is 5.75 Å². The summed E-state index contributed by atoms with van der Waals surface area (Å²) in [6, 6.07) is 13.3. The monoisotopic (exact) mass is 331 g/mol. The molecule has 2 aromatic carbocycles. The van der Waals surface area contributed by atoms with Crippen LogP contribution >= 0.6 is 0 Å². The van der Waals surface area contributed by atoms with Gasteiger partial charge in [-0.1, -0.05) is 18.2 Å². The molecule has 0 aliphatic carbocycles. The molecule has 0 spiro atoms. The minimum Gasteiger partial charge on any atom is -0.497 e. The minimum atomic E-state index is -3.25. The highest BCUT2D eigenvalue weighted by Crippen LogP contribution is 2.32. The molecule has 3 rings (SSSR count). The Balaban J connectivity index is 1.84. The summed E-state index contributed by atoms with van der Waals surface area (Å²) < 4.78 is 29.3. The maximum absolute atomic E-state index is 12.4. The second-order valence-corrected chi connectivity index (χ2v) is 7.48. The highest BCUT2D eigenvalue weighted by atomic mass is 32.2. The second-order valence-electron chi connectivity index (χ2n) is 5.40. The standard InChI is InChI=1S/C17H17NO4S/c1-22-13-8-6-12(7-9-13)17(19)18-15-10-11-23(20,21)16-5-3-2-4-14(15)16/h2-9,15H,10-11H2,1H3,(H,18,19). The lowest BCUT2D eigenvalue weighted by Crippen LogP contribution is -2.33. The van der Waals surface area contributed by atoms with Crippen molar-refractivity contribution < 1.29 is 17.9 Å². The van der Waals surface area contributed by atoms with E-state index in [0.29, 0.717) is 28.2 Å². The predicted molar refractivity (Wildman–Crippen MR) is 86.3 cm³/mol. The topological polar surface area (TPSA) is 72.5 Å². The average molecular weight is 331 g/mol. The second kappa shape index (κ2) is 6.04. The summed E-state index contributed by atoms with van der Waals surface area (Å²) in [6.45, 7) is 0. The van der Waals surface area contributed by atoms with Crippen LogP contribution in [0.15, 0.2) is 53.4 Å². The molecule has 0 fully saturated rings. The van der Waals surface area contributed by atoms with Gasteiger partial charge < -0.3 is 10.1 Å². The summed E-state index contributed by atoms with van der Waals surface area (Å²) in [4.78, 5) is 12.7. The van der Waals surface area contributed by atoms with E-state index in [-0.39, 0.29) is 17.7 Å². The van der Waals surface area contributed by atoms with Crippen LogP contribution in [0.3, 0.4) is 0 Å². The largest absolute Gasteiger partial charge is 0.497 e. The van der Waals surface area contributed by atoms with Crippen LogP contribution in [0.5, 0.6) is 5.75 Å². The molecule has 1 amide bonds. The highest BCUT2D eigenvalue weighted by molar-refractivity contribution is 7.91. The Labute approximate surface area is 135 Å². The molecule has 1 N–H and O–H groups in total. The molecular weight excluding hydrogens is 314 g/mol. The van der Waals surface area contributed by atoms with Gasteiger partial charge in [0.2, 0.25) is 0 Å². The van der Waals surface area contributed by atoms with Gasteiger partial charge in [0.05, 0.1) is 23.8 Å². The summed E-state index contributed by atoms with van der Waals surface area (Å²) >= 11 is 0. The Morgan fingerprint density at radius 2 is 1.83 bits per heavy atom. The molecule has 1 heterocycles. The normalized spacial score (nSPS) is 18.7. The molecule has 120 valence electrons. The van der Waals surface area contributed by atoms with Gasteiger partial charge >= 0.3 is 0 Å². The number of carbonyl (C=O) groups excluding carboxylic acids is 1. The van der Waals surface area contributed by atoms with E-state index in [4.69, 9.17) is 4.74 Å². The first-order chi connectivity index (χ1) is 11.0. The number of fused-ring (bicyclic) bond motifs is 1. The molecule has 0 saturated carbocycles. The van der Waals surface area contributed by atoms with Crippen LogP contribution in [0.25, 0.3) is 0 Å². The molecule has 23 heavy (non-hydrogen) atoms. The highest BCUT2D eigenvalue weighted by Gasteiger charge is 2.30. The van der Waals surface area contributed by atoms with Gasteiger partial charge in [-0.3, -0.25) is 4.79 Å². The predicted octanol–water partition coefficient (Wildman–Crippen LogP) is 2.34. The van der Waals surface area contributed by atoms with Crippen molar-refractivity contribution in [1.82, 2.24) is 5.32 Å². The van der Waals surface area contributed by atoms with Gasteiger partial charge in [-0.2, -0.15) is 0 Å². The number of carbonyl (C=O) groups is 1. The lowest BCUT2D eigenvalue weighted by molar-refractivity contribution is 0.0934. The number of methoxy groups -OCH3 is 1. The van der Waals surface area contributed by atoms with E-state index in [1.165, 1.54) is 0 Å². The van der Waals surface area contributed by atoms with Gasteiger partial charge in [-0.15, -0.1) is 0 Å². The molecular formula is C17H17NO4S. The van der Waals surface area contributed by atoms with Crippen LogP contribution in [-0.4, -0.2) is 27.2 Å². The number of amides is 1. The number of benzene rings is 2. The summed E-state index contributed by atoms with van der Waals surface area (Å²) in [7, 11) is -1.69. The lowest BCUT2D eigenvalue weighted by Gasteiger charge is -2.26. The van der Waals surface area contributed by atoms with Gasteiger partial charge in [0, 0.05) is 5.56 Å². The Kier molecular flexibility index (Phi) is 4.09. The van der Waals surface area contributed by atoms with E-state index in [1.807, 2.05) is 0 Å². The number of rotatable bonds is 3. The fourth-order valence-electron chi connectivity index (χ4n) is 2.72. The van der Waals surface area contributed by atoms with E-state index in [2.05, 4.69) is 5.32 Å². The van der Waals surface area contributed by atoms with Gasteiger partial charge in [0.25, 0.3) is 5.91 Å². The zero-order chi connectivity index (χ0) is 16.4. The smallest absolute Gasteiger partial charge is 0.251 e.